The van der Waals surface area contributed by atoms with E-state index in [1.54, 1.807) is 10.6 Å². The van der Waals surface area contributed by atoms with Crippen LogP contribution in [0.3, 0.4) is 0 Å². The van der Waals surface area contributed by atoms with E-state index in [0.29, 0.717) is 5.69 Å². The highest BCUT2D eigenvalue weighted by molar-refractivity contribution is 5.73. The molecule has 1 saturated heterocycles. The van der Waals surface area contributed by atoms with Gasteiger partial charge in [-0.05, 0) is 19.2 Å². The molecule has 3 heterocycles. The number of likely N-dealkylation sites (N-methyl/N-ethyl adjacent to an activating group) is 1. The number of aromatic nitrogens is 3. The molecule has 1 aliphatic rings. The van der Waals surface area contributed by atoms with E-state index < -0.39 is 0 Å². The number of aldehydes is 1. The first-order chi connectivity index (χ1) is 9.76. The van der Waals surface area contributed by atoms with Gasteiger partial charge in [0.05, 0.1) is 0 Å². The van der Waals surface area contributed by atoms with Crippen LogP contribution in [0.25, 0.3) is 5.65 Å². The highest BCUT2D eigenvalue weighted by atomic mass is 16.1. The third kappa shape index (κ3) is 2.71. The molecule has 6 heteroatoms. The molecule has 2 aromatic rings. The lowest BCUT2D eigenvalue weighted by molar-refractivity contribution is 0.111. The second kappa shape index (κ2) is 5.68. The zero-order valence-electron chi connectivity index (χ0n) is 11.7. The van der Waals surface area contributed by atoms with Gasteiger partial charge in [0.2, 0.25) is 0 Å². The van der Waals surface area contributed by atoms with Crippen LogP contribution in [0.5, 0.6) is 0 Å². The molecule has 1 aliphatic heterocycles. The van der Waals surface area contributed by atoms with Crippen LogP contribution in [0.4, 0.5) is 0 Å². The third-order valence-corrected chi connectivity index (χ3v) is 3.80. The number of nitrogens with zero attached hydrogens (tertiary/aromatic N) is 5. The smallest absolute Gasteiger partial charge is 0.168 e. The number of piperazine rings is 1. The number of carbonyl (C=O) groups is 1. The molecular weight excluding hydrogens is 254 g/mol. The van der Waals surface area contributed by atoms with Crippen molar-refractivity contribution in [1.29, 1.82) is 0 Å². The number of rotatable bonds is 4. The van der Waals surface area contributed by atoms with Gasteiger partial charge in [-0.1, -0.05) is 6.07 Å². The summed E-state index contributed by atoms with van der Waals surface area (Å²) < 4.78 is 1.62. The molecule has 0 spiro atoms. The molecule has 6 nitrogen and oxygen atoms in total. The average Bonchev–Trinajstić information content (AvgIpc) is 2.89. The molecule has 1 fully saturated rings. The van der Waals surface area contributed by atoms with Gasteiger partial charge in [-0.3, -0.25) is 4.79 Å². The Labute approximate surface area is 118 Å². The molecule has 0 aromatic carbocycles. The second-order valence-corrected chi connectivity index (χ2v) is 5.26. The van der Waals surface area contributed by atoms with Crippen LogP contribution in [0.2, 0.25) is 0 Å². The molecule has 0 bridgehead atoms. The summed E-state index contributed by atoms with van der Waals surface area (Å²) in [5.74, 6) is 0.804. The monoisotopic (exact) mass is 273 g/mol. The fourth-order valence-corrected chi connectivity index (χ4v) is 2.49. The molecule has 2 aromatic heterocycles. The van der Waals surface area contributed by atoms with Crippen molar-refractivity contribution in [2.45, 2.75) is 6.42 Å². The van der Waals surface area contributed by atoms with E-state index in [0.717, 1.165) is 56.9 Å². The fraction of sp³-hybridized carbons (Fsp3) is 0.500. The van der Waals surface area contributed by atoms with E-state index in [4.69, 9.17) is 0 Å². The van der Waals surface area contributed by atoms with E-state index in [9.17, 15) is 4.79 Å². The lowest BCUT2D eigenvalue weighted by Crippen LogP contribution is -2.45. The van der Waals surface area contributed by atoms with Gasteiger partial charge < -0.3 is 9.80 Å². The van der Waals surface area contributed by atoms with Crippen molar-refractivity contribution < 1.29 is 4.79 Å². The number of pyridine rings is 1. The molecule has 0 N–H and O–H groups in total. The molecule has 0 unspecified atom stereocenters. The topological polar surface area (TPSA) is 53.7 Å². The van der Waals surface area contributed by atoms with E-state index in [1.165, 1.54) is 0 Å². The van der Waals surface area contributed by atoms with Gasteiger partial charge in [0.1, 0.15) is 5.69 Å². The van der Waals surface area contributed by atoms with Crippen LogP contribution >= 0.6 is 0 Å². The first-order valence-electron chi connectivity index (χ1n) is 6.97. The van der Waals surface area contributed by atoms with E-state index in [1.807, 2.05) is 12.1 Å². The third-order valence-electron chi connectivity index (χ3n) is 3.80. The lowest BCUT2D eigenvalue weighted by atomic mass is 10.3. The van der Waals surface area contributed by atoms with Crippen LogP contribution < -0.4 is 0 Å². The predicted molar refractivity (Wildman–Crippen MR) is 76.0 cm³/mol. The van der Waals surface area contributed by atoms with Crippen molar-refractivity contribution in [2.75, 3.05) is 39.8 Å². The van der Waals surface area contributed by atoms with Crippen LogP contribution in [-0.2, 0) is 6.42 Å². The Kier molecular flexibility index (Phi) is 3.75. The highest BCUT2D eigenvalue weighted by Crippen LogP contribution is 2.06. The van der Waals surface area contributed by atoms with Crippen molar-refractivity contribution in [3.8, 4) is 0 Å². The zero-order valence-corrected chi connectivity index (χ0v) is 11.7. The molecule has 20 heavy (non-hydrogen) atoms. The summed E-state index contributed by atoms with van der Waals surface area (Å²) in [7, 11) is 2.15. The molecule has 0 aliphatic carbocycles. The highest BCUT2D eigenvalue weighted by Gasteiger charge is 2.14. The second-order valence-electron chi connectivity index (χ2n) is 5.26. The molecule has 0 radical (unpaired) electrons. The molecule has 3 rings (SSSR count). The summed E-state index contributed by atoms with van der Waals surface area (Å²) in [6, 6.07) is 5.45. The fourth-order valence-electron chi connectivity index (χ4n) is 2.49. The Hall–Kier alpha value is -1.79. The summed E-state index contributed by atoms with van der Waals surface area (Å²) in [5.41, 5.74) is 1.28. The number of hydrogen-bond acceptors (Lipinski definition) is 5. The van der Waals surface area contributed by atoms with Gasteiger partial charge in [0.25, 0.3) is 0 Å². The van der Waals surface area contributed by atoms with Crippen LogP contribution in [-0.4, -0.2) is 70.5 Å². The molecule has 0 saturated carbocycles. The van der Waals surface area contributed by atoms with Crippen molar-refractivity contribution in [3.05, 3.63) is 29.7 Å². The number of carbonyl (C=O) groups excluding carboxylic acids is 1. The largest absolute Gasteiger partial charge is 0.304 e. The Balaban J connectivity index is 1.67. The maximum atomic E-state index is 11.0. The first-order valence-corrected chi connectivity index (χ1v) is 6.97. The summed E-state index contributed by atoms with van der Waals surface area (Å²) in [4.78, 5) is 20.2. The van der Waals surface area contributed by atoms with Gasteiger partial charge in [-0.15, -0.1) is 0 Å². The van der Waals surface area contributed by atoms with Crippen molar-refractivity contribution in [2.24, 2.45) is 0 Å². The minimum atomic E-state index is 0.542. The quantitative estimate of drug-likeness (QED) is 0.752. The van der Waals surface area contributed by atoms with Crippen molar-refractivity contribution in [3.63, 3.8) is 0 Å². The van der Waals surface area contributed by atoms with E-state index >= 15 is 0 Å². The van der Waals surface area contributed by atoms with Gasteiger partial charge in [-0.25, -0.2) is 9.50 Å². The number of hydrogen-bond donors (Lipinski definition) is 0. The average molecular weight is 273 g/mol. The summed E-state index contributed by atoms with van der Waals surface area (Å²) in [5, 5.41) is 4.42. The van der Waals surface area contributed by atoms with Gasteiger partial charge >= 0.3 is 0 Å². The van der Waals surface area contributed by atoms with Crippen molar-refractivity contribution in [1.82, 2.24) is 24.4 Å². The predicted octanol–water partition coefficient (Wildman–Crippen LogP) is 0.332. The summed E-state index contributed by atoms with van der Waals surface area (Å²) in [6.07, 6.45) is 1.63. The zero-order chi connectivity index (χ0) is 13.9. The van der Waals surface area contributed by atoms with Gasteiger partial charge in [-0.2, -0.15) is 5.10 Å². The van der Waals surface area contributed by atoms with E-state index in [-0.39, 0.29) is 0 Å². The lowest BCUT2D eigenvalue weighted by Gasteiger charge is -2.31. The Morgan fingerprint density at radius 1 is 1.25 bits per heavy atom. The van der Waals surface area contributed by atoms with E-state index in [2.05, 4.69) is 26.9 Å². The Morgan fingerprint density at radius 3 is 2.80 bits per heavy atom. The Bertz CT molecular complexity index is 601. The molecule has 106 valence electrons. The minimum absolute atomic E-state index is 0.542. The van der Waals surface area contributed by atoms with Crippen LogP contribution in [0, 0.1) is 0 Å². The maximum Gasteiger partial charge on any atom is 0.168 e. The minimum Gasteiger partial charge on any atom is -0.304 e. The maximum absolute atomic E-state index is 11.0. The SMILES string of the molecule is CN1CCN(CCc2nc3cccc(C=O)n3n2)CC1. The summed E-state index contributed by atoms with van der Waals surface area (Å²) in [6.45, 7) is 5.41. The van der Waals surface area contributed by atoms with Crippen LogP contribution in [0.15, 0.2) is 18.2 Å². The first kappa shape index (κ1) is 13.2. The van der Waals surface area contributed by atoms with Crippen LogP contribution in [0.1, 0.15) is 16.3 Å². The summed E-state index contributed by atoms with van der Waals surface area (Å²) >= 11 is 0. The number of fused-ring (bicyclic) bond motifs is 1. The van der Waals surface area contributed by atoms with Gasteiger partial charge in [0.15, 0.2) is 17.8 Å². The van der Waals surface area contributed by atoms with Crippen molar-refractivity contribution >= 4 is 11.9 Å². The Morgan fingerprint density at radius 2 is 2.05 bits per heavy atom. The standard InChI is InChI=1S/C14H19N5O/c1-17-7-9-18(10-8-17)6-5-13-15-14-4-2-3-12(11-20)19(14)16-13/h2-4,11H,5-10H2,1H3. The van der Waals surface area contributed by atoms with Gasteiger partial charge in [0, 0.05) is 39.1 Å². The molecule has 0 atom stereocenters. The normalized spacial score (nSPS) is 17.6. The molecular formula is C14H19N5O. The molecule has 0 amide bonds.